The van der Waals surface area contributed by atoms with Gasteiger partial charge in [-0.05, 0) is 32.8 Å². The van der Waals surface area contributed by atoms with E-state index in [9.17, 15) is 0 Å². The van der Waals surface area contributed by atoms with Gasteiger partial charge in [-0.3, -0.25) is 4.90 Å². The van der Waals surface area contributed by atoms with E-state index in [0.717, 1.165) is 17.1 Å². The second kappa shape index (κ2) is 7.14. The summed E-state index contributed by atoms with van der Waals surface area (Å²) in [4.78, 5) is 2.54. The lowest BCUT2D eigenvalue weighted by Gasteiger charge is -2.44. The highest BCUT2D eigenvalue weighted by Crippen LogP contribution is 2.39. The van der Waals surface area contributed by atoms with Crippen LogP contribution >= 0.6 is 0 Å². The second-order valence-corrected chi connectivity index (χ2v) is 5.91. The van der Waals surface area contributed by atoms with Gasteiger partial charge in [0.05, 0.1) is 20.3 Å². The smallest absolute Gasteiger partial charge is 0.165 e. The fourth-order valence-corrected chi connectivity index (χ4v) is 3.64. The number of nitrogens with two attached hydrogens (primary N) is 1. The molecule has 0 amide bonds. The number of likely N-dealkylation sites (tertiary alicyclic amines) is 1. The fraction of sp³-hybridized carbons (Fsp3) is 0.647. The van der Waals surface area contributed by atoms with E-state index in [-0.39, 0.29) is 6.04 Å². The van der Waals surface area contributed by atoms with Crippen molar-refractivity contribution in [2.75, 3.05) is 20.8 Å². The number of hydrogen-bond donors (Lipinski definition) is 1. The molecule has 0 radical (unpaired) electrons. The zero-order valence-corrected chi connectivity index (χ0v) is 13.6. The SMILES string of the molecule is COc1cccc(C(CN)N2[C@H](C)CCC[C@@H]2C)c1OC. The number of methoxy groups -OCH3 is 2. The van der Waals surface area contributed by atoms with E-state index in [1.165, 1.54) is 19.3 Å². The van der Waals surface area contributed by atoms with Crippen LogP contribution in [0.1, 0.15) is 44.7 Å². The molecule has 1 aromatic carbocycles. The van der Waals surface area contributed by atoms with E-state index in [1.54, 1.807) is 14.2 Å². The van der Waals surface area contributed by atoms with Gasteiger partial charge in [0, 0.05) is 24.2 Å². The minimum Gasteiger partial charge on any atom is -0.493 e. The van der Waals surface area contributed by atoms with Gasteiger partial charge in [0.25, 0.3) is 0 Å². The van der Waals surface area contributed by atoms with Gasteiger partial charge in [-0.2, -0.15) is 0 Å². The van der Waals surface area contributed by atoms with Crippen molar-refractivity contribution in [2.45, 2.75) is 51.2 Å². The van der Waals surface area contributed by atoms with Crippen LogP contribution < -0.4 is 15.2 Å². The lowest BCUT2D eigenvalue weighted by atomic mass is 9.92. The Hall–Kier alpha value is -1.26. The van der Waals surface area contributed by atoms with Crippen LogP contribution in [0.15, 0.2) is 18.2 Å². The van der Waals surface area contributed by atoms with Crippen LogP contribution in [0, 0.1) is 0 Å². The third-order valence-corrected chi connectivity index (χ3v) is 4.64. The summed E-state index contributed by atoms with van der Waals surface area (Å²) in [5, 5.41) is 0. The summed E-state index contributed by atoms with van der Waals surface area (Å²) in [7, 11) is 3.36. The van der Waals surface area contributed by atoms with Gasteiger partial charge in [0.2, 0.25) is 0 Å². The van der Waals surface area contributed by atoms with E-state index < -0.39 is 0 Å². The summed E-state index contributed by atoms with van der Waals surface area (Å²) in [6.45, 7) is 5.17. The Kier molecular flexibility index (Phi) is 5.48. The minimum atomic E-state index is 0.167. The van der Waals surface area contributed by atoms with Crippen LogP contribution in [-0.2, 0) is 0 Å². The molecular weight excluding hydrogens is 264 g/mol. The number of rotatable bonds is 5. The molecule has 3 atom stereocenters. The first-order valence-electron chi connectivity index (χ1n) is 7.82. The van der Waals surface area contributed by atoms with Gasteiger partial charge in [-0.25, -0.2) is 0 Å². The van der Waals surface area contributed by atoms with Crippen molar-refractivity contribution in [1.29, 1.82) is 0 Å². The number of hydrogen-bond acceptors (Lipinski definition) is 4. The molecule has 118 valence electrons. The maximum absolute atomic E-state index is 6.14. The average Bonchev–Trinajstić information content (AvgIpc) is 2.50. The standard InChI is InChI=1S/C17H28N2O2/c1-12-7-5-8-13(2)19(12)15(11-18)14-9-6-10-16(20-3)17(14)21-4/h6,9-10,12-13,15H,5,7-8,11,18H2,1-4H3/t12-,13+,15?. The van der Waals surface area contributed by atoms with E-state index >= 15 is 0 Å². The topological polar surface area (TPSA) is 47.7 Å². The Balaban J connectivity index is 2.41. The average molecular weight is 292 g/mol. The molecule has 2 N–H and O–H groups in total. The van der Waals surface area contributed by atoms with E-state index in [0.29, 0.717) is 18.6 Å². The maximum atomic E-state index is 6.14. The van der Waals surface area contributed by atoms with Crippen LogP contribution in [0.3, 0.4) is 0 Å². The third kappa shape index (κ3) is 3.16. The molecule has 1 aliphatic heterocycles. The van der Waals surface area contributed by atoms with Crippen molar-refractivity contribution >= 4 is 0 Å². The van der Waals surface area contributed by atoms with E-state index in [4.69, 9.17) is 15.2 Å². The Morgan fingerprint density at radius 2 is 1.86 bits per heavy atom. The molecule has 1 unspecified atom stereocenters. The minimum absolute atomic E-state index is 0.167. The molecule has 2 rings (SSSR count). The number of ether oxygens (including phenoxy) is 2. The van der Waals surface area contributed by atoms with Crippen molar-refractivity contribution in [3.05, 3.63) is 23.8 Å². The number of benzene rings is 1. The maximum Gasteiger partial charge on any atom is 0.165 e. The van der Waals surface area contributed by atoms with E-state index in [1.807, 2.05) is 12.1 Å². The summed E-state index contributed by atoms with van der Waals surface area (Å²) in [6, 6.07) is 7.29. The highest BCUT2D eigenvalue weighted by atomic mass is 16.5. The molecule has 0 aliphatic carbocycles. The highest BCUT2D eigenvalue weighted by Gasteiger charge is 2.33. The monoisotopic (exact) mass is 292 g/mol. The zero-order valence-electron chi connectivity index (χ0n) is 13.6. The first-order chi connectivity index (χ1) is 10.1. The Bertz CT molecular complexity index is 454. The molecule has 1 heterocycles. The van der Waals surface area contributed by atoms with Crippen molar-refractivity contribution in [1.82, 2.24) is 4.90 Å². The van der Waals surface area contributed by atoms with Crippen LogP contribution in [0.4, 0.5) is 0 Å². The first kappa shape index (κ1) is 16.1. The molecule has 0 aromatic heterocycles. The lowest BCUT2D eigenvalue weighted by Crippen LogP contribution is -2.48. The predicted octanol–water partition coefficient (Wildman–Crippen LogP) is 2.97. The molecule has 21 heavy (non-hydrogen) atoms. The van der Waals surface area contributed by atoms with Gasteiger partial charge in [0.15, 0.2) is 11.5 Å². The quantitative estimate of drug-likeness (QED) is 0.906. The predicted molar refractivity (Wildman–Crippen MR) is 86.0 cm³/mol. The molecule has 0 saturated carbocycles. The third-order valence-electron chi connectivity index (χ3n) is 4.64. The van der Waals surface area contributed by atoms with Crippen LogP contribution in [0.5, 0.6) is 11.5 Å². The zero-order chi connectivity index (χ0) is 15.4. The summed E-state index contributed by atoms with van der Waals surface area (Å²) >= 11 is 0. The van der Waals surface area contributed by atoms with Gasteiger partial charge >= 0.3 is 0 Å². The number of piperidine rings is 1. The number of nitrogens with zero attached hydrogens (tertiary/aromatic N) is 1. The molecule has 1 fully saturated rings. The van der Waals surface area contributed by atoms with Crippen LogP contribution in [0.2, 0.25) is 0 Å². The summed E-state index contributed by atoms with van der Waals surface area (Å²) in [6.07, 6.45) is 3.76. The molecular formula is C17H28N2O2. The highest BCUT2D eigenvalue weighted by molar-refractivity contribution is 5.48. The molecule has 0 spiro atoms. The Morgan fingerprint density at radius 3 is 2.38 bits per heavy atom. The van der Waals surface area contributed by atoms with Crippen molar-refractivity contribution in [2.24, 2.45) is 5.73 Å². The molecule has 1 aromatic rings. The largest absolute Gasteiger partial charge is 0.493 e. The Labute approximate surface area is 128 Å². The summed E-state index contributed by atoms with van der Waals surface area (Å²) in [5.41, 5.74) is 7.26. The first-order valence-corrected chi connectivity index (χ1v) is 7.82. The molecule has 4 heteroatoms. The molecule has 4 nitrogen and oxygen atoms in total. The summed E-state index contributed by atoms with van der Waals surface area (Å²) < 4.78 is 11.0. The number of para-hydroxylation sites is 1. The van der Waals surface area contributed by atoms with Crippen molar-refractivity contribution in [3.63, 3.8) is 0 Å². The Morgan fingerprint density at radius 1 is 1.19 bits per heavy atom. The van der Waals surface area contributed by atoms with Crippen LogP contribution in [-0.4, -0.2) is 37.7 Å². The van der Waals surface area contributed by atoms with Gasteiger partial charge < -0.3 is 15.2 Å². The molecule has 1 aliphatic rings. The van der Waals surface area contributed by atoms with Crippen molar-refractivity contribution in [3.8, 4) is 11.5 Å². The fourth-order valence-electron chi connectivity index (χ4n) is 3.64. The molecule has 0 bridgehead atoms. The van der Waals surface area contributed by atoms with Gasteiger partial charge in [-0.15, -0.1) is 0 Å². The normalized spacial score (nSPS) is 24.6. The van der Waals surface area contributed by atoms with E-state index in [2.05, 4.69) is 24.8 Å². The van der Waals surface area contributed by atoms with Gasteiger partial charge in [0.1, 0.15) is 0 Å². The van der Waals surface area contributed by atoms with Crippen molar-refractivity contribution < 1.29 is 9.47 Å². The van der Waals surface area contributed by atoms with Gasteiger partial charge in [-0.1, -0.05) is 18.6 Å². The molecule has 1 saturated heterocycles. The second-order valence-electron chi connectivity index (χ2n) is 5.91. The summed E-state index contributed by atoms with van der Waals surface area (Å²) in [5.74, 6) is 1.58. The van der Waals surface area contributed by atoms with Crippen LogP contribution in [0.25, 0.3) is 0 Å². The lowest BCUT2D eigenvalue weighted by molar-refractivity contribution is 0.0565.